The summed E-state index contributed by atoms with van der Waals surface area (Å²) in [6.07, 6.45) is 0.859. The van der Waals surface area contributed by atoms with Gasteiger partial charge >= 0.3 is 5.97 Å². The van der Waals surface area contributed by atoms with E-state index in [9.17, 15) is 14.7 Å². The van der Waals surface area contributed by atoms with Crippen LogP contribution in [-0.4, -0.2) is 25.3 Å². The summed E-state index contributed by atoms with van der Waals surface area (Å²) < 4.78 is 8.39. The summed E-state index contributed by atoms with van der Waals surface area (Å²) in [6.45, 7) is 5.47. The Bertz CT molecular complexity index is 932. The number of nitrogens with zero attached hydrogens (tertiary/aromatic N) is 3. The number of hydrogen-bond donors (Lipinski definition) is 1. The molecule has 3 aromatic heterocycles. The highest BCUT2D eigenvalue weighted by Crippen LogP contribution is 2.23. The first-order valence-corrected chi connectivity index (χ1v) is 7.24. The van der Waals surface area contributed by atoms with Gasteiger partial charge in [-0.1, -0.05) is 13.8 Å². The lowest BCUT2D eigenvalue weighted by atomic mass is 10.2. The third-order valence-electron chi connectivity index (χ3n) is 3.80. The van der Waals surface area contributed by atoms with E-state index in [1.54, 1.807) is 17.4 Å². The van der Waals surface area contributed by atoms with Gasteiger partial charge in [0.1, 0.15) is 17.1 Å². The van der Waals surface area contributed by atoms with Crippen LogP contribution in [0.15, 0.2) is 21.3 Å². The van der Waals surface area contributed by atoms with Crippen molar-refractivity contribution in [3.8, 4) is 0 Å². The maximum Gasteiger partial charge on any atom is 0.328 e. The number of carbonyl (C=O) groups is 1. The molecule has 0 saturated heterocycles. The molecule has 1 atom stereocenters. The zero-order valence-electron chi connectivity index (χ0n) is 12.7. The predicted molar refractivity (Wildman–Crippen MR) is 80.3 cm³/mol. The maximum atomic E-state index is 12.6. The Morgan fingerprint density at radius 3 is 2.68 bits per heavy atom. The van der Waals surface area contributed by atoms with Crippen LogP contribution in [0, 0.1) is 6.92 Å². The summed E-state index contributed by atoms with van der Waals surface area (Å²) in [5.74, 6) is 0.322. The topological polar surface area (TPSA) is 89.7 Å². The molecule has 3 heterocycles. The fourth-order valence-corrected chi connectivity index (χ4v) is 2.78. The summed E-state index contributed by atoms with van der Waals surface area (Å²) in [7, 11) is 0. The zero-order chi connectivity index (χ0) is 16.0. The van der Waals surface area contributed by atoms with Crippen molar-refractivity contribution in [2.24, 2.45) is 0 Å². The Morgan fingerprint density at radius 1 is 1.36 bits per heavy atom. The highest BCUT2D eigenvalue weighted by Gasteiger charge is 2.23. The maximum absolute atomic E-state index is 12.6. The van der Waals surface area contributed by atoms with Gasteiger partial charge < -0.3 is 9.52 Å². The molecule has 22 heavy (non-hydrogen) atoms. The average Bonchev–Trinajstić information content (AvgIpc) is 2.98. The zero-order valence-corrected chi connectivity index (χ0v) is 12.7. The van der Waals surface area contributed by atoms with E-state index in [1.807, 2.05) is 19.9 Å². The number of carboxylic acids is 1. The van der Waals surface area contributed by atoms with Crippen molar-refractivity contribution < 1.29 is 14.3 Å². The summed E-state index contributed by atoms with van der Waals surface area (Å²) in [5, 5.41) is 13.6. The van der Waals surface area contributed by atoms with Crippen molar-refractivity contribution in [1.29, 1.82) is 0 Å². The minimum Gasteiger partial charge on any atom is -0.480 e. The summed E-state index contributed by atoms with van der Waals surface area (Å²) in [6, 6.07) is 2.53. The summed E-state index contributed by atoms with van der Waals surface area (Å²) in [5.41, 5.74) is 1.35. The molecule has 0 bridgehead atoms. The van der Waals surface area contributed by atoms with Crippen LogP contribution in [0.25, 0.3) is 16.6 Å². The highest BCUT2D eigenvalue weighted by atomic mass is 16.4. The Hall–Kier alpha value is -2.57. The van der Waals surface area contributed by atoms with Crippen molar-refractivity contribution in [2.45, 2.75) is 39.7 Å². The number of rotatable bonds is 4. The van der Waals surface area contributed by atoms with Gasteiger partial charge in [-0.3, -0.25) is 9.20 Å². The first-order valence-electron chi connectivity index (χ1n) is 7.24. The normalized spacial score (nSPS) is 13.0. The van der Waals surface area contributed by atoms with Crippen molar-refractivity contribution in [3.63, 3.8) is 0 Å². The Morgan fingerprint density at radius 2 is 2.09 bits per heavy atom. The van der Waals surface area contributed by atoms with E-state index in [0.29, 0.717) is 23.3 Å². The van der Waals surface area contributed by atoms with E-state index in [0.717, 1.165) is 16.0 Å². The van der Waals surface area contributed by atoms with Gasteiger partial charge in [0.05, 0.1) is 5.52 Å². The number of hydrogen-bond acceptors (Lipinski definition) is 4. The van der Waals surface area contributed by atoms with Crippen molar-refractivity contribution in [1.82, 2.24) is 14.2 Å². The monoisotopic (exact) mass is 303 g/mol. The van der Waals surface area contributed by atoms with E-state index in [1.165, 1.54) is 0 Å². The number of fused-ring (bicyclic) bond motifs is 3. The Balaban J connectivity index is 2.41. The number of furan rings is 1. The second-order valence-corrected chi connectivity index (χ2v) is 5.25. The Labute approximate surface area is 125 Å². The fourth-order valence-electron chi connectivity index (χ4n) is 2.78. The SMILES string of the molecule is CCc1nn([C@@H](CC)C(=O)O)c(=O)c2cc3oc(C)cc3n12. The van der Waals surface area contributed by atoms with E-state index in [2.05, 4.69) is 5.10 Å². The van der Waals surface area contributed by atoms with Gasteiger partial charge in [-0.2, -0.15) is 5.10 Å². The molecule has 0 fully saturated rings. The second kappa shape index (κ2) is 5.01. The van der Waals surface area contributed by atoms with Crippen LogP contribution >= 0.6 is 0 Å². The first kappa shape index (κ1) is 14.4. The van der Waals surface area contributed by atoms with Gasteiger partial charge in [-0.25, -0.2) is 9.48 Å². The van der Waals surface area contributed by atoms with Crippen molar-refractivity contribution in [2.75, 3.05) is 0 Å². The van der Waals surface area contributed by atoms with E-state index >= 15 is 0 Å². The van der Waals surface area contributed by atoms with E-state index in [-0.39, 0.29) is 6.42 Å². The van der Waals surface area contributed by atoms with Crippen LogP contribution in [0.2, 0.25) is 0 Å². The van der Waals surface area contributed by atoms with Crippen molar-refractivity contribution >= 4 is 22.6 Å². The third kappa shape index (κ3) is 1.93. The van der Waals surface area contributed by atoms with Crippen LogP contribution in [0.5, 0.6) is 0 Å². The molecule has 3 aromatic rings. The van der Waals surface area contributed by atoms with Gasteiger partial charge in [0.2, 0.25) is 0 Å². The number of aromatic nitrogens is 3. The van der Waals surface area contributed by atoms with Crippen molar-refractivity contribution in [3.05, 3.63) is 34.1 Å². The number of aliphatic carboxylic acids is 1. The van der Waals surface area contributed by atoms with Gasteiger partial charge in [0.15, 0.2) is 11.6 Å². The summed E-state index contributed by atoms with van der Waals surface area (Å²) in [4.78, 5) is 24.0. The smallest absolute Gasteiger partial charge is 0.328 e. The molecular weight excluding hydrogens is 286 g/mol. The molecule has 7 nitrogen and oxygen atoms in total. The molecule has 0 aliphatic rings. The lowest BCUT2D eigenvalue weighted by Crippen LogP contribution is -2.34. The second-order valence-electron chi connectivity index (χ2n) is 5.25. The quantitative estimate of drug-likeness (QED) is 0.797. The number of aryl methyl sites for hydroxylation is 2. The third-order valence-corrected chi connectivity index (χ3v) is 3.80. The van der Waals surface area contributed by atoms with Gasteiger partial charge in [0.25, 0.3) is 5.56 Å². The molecule has 1 N–H and O–H groups in total. The van der Waals surface area contributed by atoms with E-state index < -0.39 is 17.6 Å². The number of carboxylic acid groups (broad SMARTS) is 1. The van der Waals surface area contributed by atoms with Gasteiger partial charge in [-0.15, -0.1) is 0 Å². The molecule has 0 aliphatic carbocycles. The lowest BCUT2D eigenvalue weighted by Gasteiger charge is -2.14. The molecule has 3 rings (SSSR count). The van der Waals surface area contributed by atoms with E-state index in [4.69, 9.17) is 4.42 Å². The molecule has 0 unspecified atom stereocenters. The largest absolute Gasteiger partial charge is 0.480 e. The van der Waals surface area contributed by atoms with Crippen LogP contribution in [0.4, 0.5) is 0 Å². The molecule has 0 spiro atoms. The molecule has 116 valence electrons. The first-order chi connectivity index (χ1) is 10.5. The van der Waals surface area contributed by atoms with Crippen LogP contribution in [0.3, 0.4) is 0 Å². The standard InChI is InChI=1S/C15H17N3O4/c1-4-9(15(20)21)18-14(19)11-7-12-10(6-8(3)22-12)17(11)13(5-2)16-18/h6-7,9H,4-5H2,1-3H3,(H,20,21)/t9-/m0/s1. The predicted octanol–water partition coefficient (Wildman–Crippen LogP) is 2.15. The molecule has 0 saturated carbocycles. The highest BCUT2D eigenvalue weighted by molar-refractivity contribution is 5.83. The minimum atomic E-state index is -1.06. The van der Waals surface area contributed by atoms with Crippen LogP contribution in [0.1, 0.15) is 37.9 Å². The average molecular weight is 303 g/mol. The van der Waals surface area contributed by atoms with Crippen LogP contribution in [-0.2, 0) is 11.2 Å². The van der Waals surface area contributed by atoms with Gasteiger partial charge in [0, 0.05) is 18.6 Å². The molecule has 0 aromatic carbocycles. The lowest BCUT2D eigenvalue weighted by molar-refractivity contribution is -0.141. The van der Waals surface area contributed by atoms with Gasteiger partial charge in [-0.05, 0) is 13.3 Å². The molecule has 7 heteroatoms. The molecular formula is C15H17N3O4. The Kier molecular flexibility index (Phi) is 3.27. The fraction of sp³-hybridized carbons (Fsp3) is 0.400. The molecule has 0 amide bonds. The molecule has 0 radical (unpaired) electrons. The molecule has 0 aliphatic heterocycles. The van der Waals surface area contributed by atoms with Crippen LogP contribution < -0.4 is 5.56 Å². The minimum absolute atomic E-state index is 0.289. The summed E-state index contributed by atoms with van der Waals surface area (Å²) >= 11 is 0.